The van der Waals surface area contributed by atoms with Crippen LogP contribution in [0.2, 0.25) is 18.1 Å². The molecule has 6 nitrogen and oxygen atoms in total. The van der Waals surface area contributed by atoms with E-state index in [-0.39, 0.29) is 34.3 Å². The average Bonchev–Trinajstić information content (AvgIpc) is 3.00. The lowest BCUT2D eigenvalue weighted by molar-refractivity contribution is -0.178. The molecule has 0 aromatic heterocycles. The number of carbonyl (C=O) groups is 1. The van der Waals surface area contributed by atoms with Crippen LogP contribution in [0.3, 0.4) is 0 Å². The molecule has 2 spiro atoms. The molecular weight excluding hydrogens is 448 g/mol. The van der Waals surface area contributed by atoms with Crippen LogP contribution in [0.4, 0.5) is 4.79 Å². The Morgan fingerprint density at radius 2 is 1.79 bits per heavy atom. The summed E-state index contributed by atoms with van der Waals surface area (Å²) in [5, 5.41) is 24.1. The minimum atomic E-state index is -2.24. The summed E-state index contributed by atoms with van der Waals surface area (Å²) in [5.74, 6) is 0.396. The van der Waals surface area contributed by atoms with Crippen LogP contribution >= 0.6 is 0 Å². The van der Waals surface area contributed by atoms with Crippen molar-refractivity contribution < 1.29 is 28.9 Å². The summed E-state index contributed by atoms with van der Waals surface area (Å²) < 4.78 is 19.2. The number of carbonyl (C=O) groups excluding carboxylic acids is 1. The van der Waals surface area contributed by atoms with Crippen molar-refractivity contribution >= 4 is 14.5 Å². The van der Waals surface area contributed by atoms with Crippen molar-refractivity contribution in [3.8, 4) is 0 Å². The topological polar surface area (TPSA) is 85.2 Å². The van der Waals surface area contributed by atoms with E-state index in [0.29, 0.717) is 11.8 Å². The van der Waals surface area contributed by atoms with Crippen molar-refractivity contribution in [2.24, 2.45) is 40.4 Å². The van der Waals surface area contributed by atoms with Gasteiger partial charge in [0.05, 0.1) is 17.6 Å². The van der Waals surface area contributed by atoms with Gasteiger partial charge in [-0.3, -0.25) is 0 Å². The number of fused-ring (bicyclic) bond motifs is 3. The van der Waals surface area contributed by atoms with Crippen LogP contribution in [0.25, 0.3) is 0 Å². The monoisotopic (exact) mass is 492 g/mol. The number of aliphatic hydroxyl groups excluding tert-OH is 2. The first-order valence-corrected chi connectivity index (χ1v) is 16.0. The molecule has 192 valence electrons. The van der Waals surface area contributed by atoms with Gasteiger partial charge >= 0.3 is 6.16 Å². The fourth-order valence-electron chi connectivity index (χ4n) is 8.44. The van der Waals surface area contributed by atoms with Crippen molar-refractivity contribution in [1.82, 2.24) is 0 Å². The maximum absolute atomic E-state index is 12.7. The molecule has 4 aliphatic carbocycles. The normalized spacial score (nSPS) is 51.2. The predicted molar refractivity (Wildman–Crippen MR) is 132 cm³/mol. The molecule has 0 radical (unpaired) electrons. The highest BCUT2D eigenvalue weighted by Crippen LogP contribution is 2.75. The van der Waals surface area contributed by atoms with E-state index in [2.05, 4.69) is 61.6 Å². The third-order valence-electron chi connectivity index (χ3n) is 11.3. The molecule has 7 heteroatoms. The first kappa shape index (κ1) is 24.8. The van der Waals surface area contributed by atoms with E-state index in [1.54, 1.807) is 0 Å². The van der Waals surface area contributed by atoms with E-state index in [1.165, 1.54) is 0 Å². The van der Waals surface area contributed by atoms with Crippen molar-refractivity contribution in [2.75, 3.05) is 0 Å². The minimum Gasteiger partial charge on any atom is -0.426 e. The van der Waals surface area contributed by atoms with Crippen LogP contribution in [0.1, 0.15) is 61.8 Å². The molecule has 0 amide bonds. The van der Waals surface area contributed by atoms with Crippen molar-refractivity contribution in [1.29, 1.82) is 0 Å². The second kappa shape index (κ2) is 6.90. The Morgan fingerprint density at radius 3 is 2.38 bits per heavy atom. The van der Waals surface area contributed by atoms with E-state index in [9.17, 15) is 15.0 Å². The standard InChI is InChI=1S/C27H44O6Si/c1-13-12-26-14(2)11-16-18(25(16,7)8)17(21(26)29)19(33-34(9,10)24(4,5)6)15(3)22-27(26,20(13)28)32-23(30)31-22/h12,14-22,28-29H,11H2,1-10H3/t14-,15+,16-,17-,18-,19?,20+,21?,22-,26+,27-/m1/s1. The fraction of sp³-hybridized carbons (Fsp3) is 0.889. The zero-order valence-corrected chi connectivity index (χ0v) is 23.5. The summed E-state index contributed by atoms with van der Waals surface area (Å²) in [6.45, 7) is 21.9. The molecule has 3 saturated carbocycles. The highest BCUT2D eigenvalue weighted by Gasteiger charge is 2.82. The van der Waals surface area contributed by atoms with Gasteiger partial charge < -0.3 is 24.1 Å². The minimum absolute atomic E-state index is 0.00435. The van der Waals surface area contributed by atoms with Gasteiger partial charge in [0.2, 0.25) is 0 Å². The number of aliphatic hydroxyl groups is 2. The molecule has 34 heavy (non-hydrogen) atoms. The van der Waals surface area contributed by atoms with Crippen LogP contribution in [0.5, 0.6) is 0 Å². The smallest absolute Gasteiger partial charge is 0.426 e. The maximum atomic E-state index is 12.7. The van der Waals surface area contributed by atoms with Crippen LogP contribution in [0.15, 0.2) is 11.6 Å². The Labute approximate surface area is 205 Å². The Bertz CT molecular complexity index is 936. The summed E-state index contributed by atoms with van der Waals surface area (Å²) in [7, 11) is -2.24. The molecule has 2 unspecified atom stereocenters. The van der Waals surface area contributed by atoms with E-state index in [4.69, 9.17) is 13.9 Å². The summed E-state index contributed by atoms with van der Waals surface area (Å²) in [6.07, 6.45) is -0.629. The van der Waals surface area contributed by atoms with Crippen molar-refractivity contribution in [2.45, 2.75) is 110 Å². The molecule has 0 aromatic rings. The molecule has 2 N–H and O–H groups in total. The lowest BCUT2D eigenvalue weighted by Gasteiger charge is -2.50. The first-order valence-electron chi connectivity index (χ1n) is 13.1. The van der Waals surface area contributed by atoms with Crippen molar-refractivity contribution in [3.63, 3.8) is 0 Å². The molecule has 2 bridgehead atoms. The van der Waals surface area contributed by atoms with Crippen molar-refractivity contribution in [3.05, 3.63) is 11.6 Å². The third kappa shape index (κ3) is 2.70. The molecule has 5 aliphatic rings. The van der Waals surface area contributed by atoms with Crippen LogP contribution in [-0.4, -0.2) is 54.7 Å². The lowest BCUT2D eigenvalue weighted by atomic mass is 9.58. The van der Waals surface area contributed by atoms with Crippen LogP contribution in [-0.2, 0) is 13.9 Å². The van der Waals surface area contributed by atoms with Gasteiger partial charge in [0.1, 0.15) is 6.10 Å². The Balaban J connectivity index is 1.75. The van der Waals surface area contributed by atoms with Gasteiger partial charge in [0.15, 0.2) is 20.0 Å². The zero-order chi connectivity index (χ0) is 25.4. The molecule has 1 aliphatic heterocycles. The Hall–Kier alpha value is -0.893. The highest BCUT2D eigenvalue weighted by molar-refractivity contribution is 6.74. The highest BCUT2D eigenvalue weighted by atomic mass is 28.4. The largest absolute Gasteiger partial charge is 0.509 e. The summed E-state index contributed by atoms with van der Waals surface area (Å²) >= 11 is 0. The summed E-state index contributed by atoms with van der Waals surface area (Å²) in [5.41, 5.74) is -1.40. The molecule has 1 heterocycles. The van der Waals surface area contributed by atoms with E-state index >= 15 is 0 Å². The Kier molecular flexibility index (Phi) is 5.03. The molecule has 5 rings (SSSR count). The van der Waals surface area contributed by atoms with E-state index < -0.39 is 43.8 Å². The molecule has 1 saturated heterocycles. The van der Waals surface area contributed by atoms with Gasteiger partial charge in [-0.1, -0.05) is 54.5 Å². The molecule has 11 atom stereocenters. The summed E-state index contributed by atoms with van der Waals surface area (Å²) in [6, 6.07) is 0. The number of hydrogen-bond donors (Lipinski definition) is 2. The van der Waals surface area contributed by atoms with Gasteiger partial charge in [-0.05, 0) is 60.2 Å². The third-order valence-corrected chi connectivity index (χ3v) is 15.8. The second-order valence-electron chi connectivity index (χ2n) is 14.2. The average molecular weight is 493 g/mol. The summed E-state index contributed by atoms with van der Waals surface area (Å²) in [4.78, 5) is 12.7. The van der Waals surface area contributed by atoms with E-state index in [0.717, 1.165) is 12.0 Å². The zero-order valence-electron chi connectivity index (χ0n) is 22.5. The molecular formula is C27H44O6Si. The predicted octanol–water partition coefficient (Wildman–Crippen LogP) is 4.90. The fourth-order valence-corrected chi connectivity index (χ4v) is 9.84. The number of rotatable bonds is 2. The number of hydrogen-bond acceptors (Lipinski definition) is 6. The second-order valence-corrected chi connectivity index (χ2v) is 19.0. The quantitative estimate of drug-likeness (QED) is 0.324. The van der Waals surface area contributed by atoms with Gasteiger partial charge in [-0.15, -0.1) is 0 Å². The molecule has 4 fully saturated rings. The van der Waals surface area contributed by atoms with Crippen LogP contribution in [0, 0.1) is 40.4 Å². The van der Waals surface area contributed by atoms with Gasteiger partial charge in [0, 0.05) is 11.8 Å². The lowest BCUT2D eigenvalue weighted by Crippen LogP contribution is -2.65. The van der Waals surface area contributed by atoms with Gasteiger partial charge in [-0.2, -0.15) is 0 Å². The van der Waals surface area contributed by atoms with Gasteiger partial charge in [0.25, 0.3) is 0 Å². The SMILES string of the molecule is CC1=C[C@]23C(O)[C@@H](C(O[Si](C)(C)C(C)(C)C)[C@H](C)[C@H]4OC(=O)O[C@]42[C@H]1O)[C@H]1[C@@H](C[C@H]3C)C1(C)C. The molecule has 0 aromatic carbocycles. The van der Waals surface area contributed by atoms with Crippen LogP contribution < -0.4 is 0 Å². The van der Waals surface area contributed by atoms with Gasteiger partial charge in [-0.25, -0.2) is 4.79 Å². The Morgan fingerprint density at radius 1 is 1.18 bits per heavy atom. The first-order chi connectivity index (χ1) is 15.4. The maximum Gasteiger partial charge on any atom is 0.509 e. The number of ether oxygens (including phenoxy) is 2. The van der Waals surface area contributed by atoms with E-state index in [1.807, 2.05) is 13.0 Å².